The maximum Gasteiger partial charge on any atom is 0.258 e. The minimum absolute atomic E-state index is 0.0625. The minimum atomic E-state index is -0.301. The quantitative estimate of drug-likeness (QED) is 0.417. The Balaban J connectivity index is 1.83. The number of para-hydroxylation sites is 1. The second kappa shape index (κ2) is 11.0. The van der Waals surface area contributed by atoms with Gasteiger partial charge in [0.25, 0.3) is 5.91 Å². The molecule has 0 fully saturated rings. The van der Waals surface area contributed by atoms with Crippen molar-refractivity contribution in [2.24, 2.45) is 7.05 Å². The highest BCUT2D eigenvalue weighted by molar-refractivity contribution is 7.99. The Labute approximate surface area is 175 Å². The fraction of sp³-hybridized carbons (Fsp3) is 0.579. The summed E-state index contributed by atoms with van der Waals surface area (Å²) in [5.74, 6) is 1.94. The lowest BCUT2D eigenvalue weighted by Gasteiger charge is -2.21. The molecule has 0 spiro atoms. The SMILES string of the molecule is COc1cccc(CNCCCSc2nnnn2C)c1OCC(=O)NC(C)(C)C. The summed E-state index contributed by atoms with van der Waals surface area (Å²) in [6.07, 6.45) is 0.964. The van der Waals surface area contributed by atoms with E-state index in [1.165, 1.54) is 0 Å². The van der Waals surface area contributed by atoms with E-state index in [4.69, 9.17) is 9.47 Å². The summed E-state index contributed by atoms with van der Waals surface area (Å²) in [5, 5.41) is 18.5. The van der Waals surface area contributed by atoms with Gasteiger partial charge in [0.15, 0.2) is 18.1 Å². The molecule has 1 amide bonds. The van der Waals surface area contributed by atoms with Crippen LogP contribution in [0.3, 0.4) is 0 Å². The maximum atomic E-state index is 12.1. The molecule has 0 saturated carbocycles. The Morgan fingerprint density at radius 2 is 2.10 bits per heavy atom. The average Bonchev–Trinajstić information content (AvgIpc) is 3.06. The first-order chi connectivity index (χ1) is 13.8. The van der Waals surface area contributed by atoms with Gasteiger partial charge < -0.3 is 20.1 Å². The Hall–Kier alpha value is -2.33. The van der Waals surface area contributed by atoms with Crippen LogP contribution in [-0.4, -0.2) is 57.7 Å². The molecule has 2 N–H and O–H groups in total. The molecule has 10 heteroatoms. The molecule has 9 nitrogen and oxygen atoms in total. The van der Waals surface area contributed by atoms with Crippen molar-refractivity contribution < 1.29 is 14.3 Å². The van der Waals surface area contributed by atoms with Crippen molar-refractivity contribution in [3.8, 4) is 11.5 Å². The van der Waals surface area contributed by atoms with Crippen LogP contribution >= 0.6 is 11.8 Å². The van der Waals surface area contributed by atoms with Crippen LogP contribution < -0.4 is 20.1 Å². The topological polar surface area (TPSA) is 103 Å². The lowest BCUT2D eigenvalue weighted by Crippen LogP contribution is -2.43. The van der Waals surface area contributed by atoms with Gasteiger partial charge in [0.2, 0.25) is 5.16 Å². The van der Waals surface area contributed by atoms with Crippen LogP contribution in [0, 0.1) is 0 Å². The van der Waals surface area contributed by atoms with E-state index in [9.17, 15) is 4.79 Å². The highest BCUT2D eigenvalue weighted by atomic mass is 32.2. The van der Waals surface area contributed by atoms with Gasteiger partial charge in [-0.1, -0.05) is 23.9 Å². The zero-order valence-electron chi connectivity index (χ0n) is 17.7. The minimum Gasteiger partial charge on any atom is -0.493 e. The second-order valence-corrected chi connectivity index (χ2v) is 8.56. The lowest BCUT2D eigenvalue weighted by molar-refractivity contribution is -0.124. The van der Waals surface area contributed by atoms with Crippen LogP contribution in [0.5, 0.6) is 11.5 Å². The van der Waals surface area contributed by atoms with Crippen molar-refractivity contribution >= 4 is 17.7 Å². The number of benzene rings is 1. The Morgan fingerprint density at radius 1 is 1.31 bits per heavy atom. The molecule has 0 bridgehead atoms. The number of carbonyl (C=O) groups excluding carboxylic acids is 1. The van der Waals surface area contributed by atoms with Crippen molar-refractivity contribution in [1.82, 2.24) is 30.8 Å². The molecule has 1 heterocycles. The first kappa shape index (κ1) is 23.0. The van der Waals surface area contributed by atoms with E-state index in [0.29, 0.717) is 18.0 Å². The van der Waals surface area contributed by atoms with Gasteiger partial charge in [-0.2, -0.15) is 0 Å². The number of carbonyl (C=O) groups is 1. The number of nitrogens with one attached hydrogen (secondary N) is 2. The first-order valence-corrected chi connectivity index (χ1v) is 10.4. The fourth-order valence-electron chi connectivity index (χ4n) is 2.54. The average molecular weight is 423 g/mol. The van der Waals surface area contributed by atoms with Crippen molar-refractivity contribution in [3.63, 3.8) is 0 Å². The highest BCUT2D eigenvalue weighted by Gasteiger charge is 2.16. The van der Waals surface area contributed by atoms with E-state index < -0.39 is 0 Å². The molecular formula is C19H30N6O3S. The molecular weight excluding hydrogens is 392 g/mol. The number of nitrogens with zero attached hydrogens (tertiary/aromatic N) is 4. The van der Waals surface area contributed by atoms with Crippen molar-refractivity contribution in [2.45, 2.75) is 44.4 Å². The number of thioether (sulfide) groups is 1. The van der Waals surface area contributed by atoms with Crippen LogP contribution in [0.15, 0.2) is 23.4 Å². The van der Waals surface area contributed by atoms with Gasteiger partial charge in [0, 0.05) is 30.4 Å². The van der Waals surface area contributed by atoms with Crippen LogP contribution in [0.4, 0.5) is 0 Å². The van der Waals surface area contributed by atoms with E-state index >= 15 is 0 Å². The molecule has 0 aliphatic rings. The molecule has 0 radical (unpaired) electrons. The number of hydrogen-bond donors (Lipinski definition) is 2. The second-order valence-electron chi connectivity index (χ2n) is 7.50. The lowest BCUT2D eigenvalue weighted by atomic mass is 10.1. The molecule has 0 atom stereocenters. The molecule has 1 aromatic heterocycles. The third kappa shape index (κ3) is 7.90. The summed E-state index contributed by atoms with van der Waals surface area (Å²) in [6, 6.07) is 5.70. The monoisotopic (exact) mass is 422 g/mol. The molecule has 0 saturated heterocycles. The Kier molecular flexibility index (Phi) is 8.71. The van der Waals surface area contributed by atoms with Gasteiger partial charge in [0.05, 0.1) is 7.11 Å². The summed E-state index contributed by atoms with van der Waals surface area (Å²) in [4.78, 5) is 12.1. The predicted molar refractivity (Wildman–Crippen MR) is 112 cm³/mol. The summed E-state index contributed by atoms with van der Waals surface area (Å²) >= 11 is 1.62. The van der Waals surface area contributed by atoms with Crippen LogP contribution in [0.25, 0.3) is 0 Å². The molecule has 0 aliphatic heterocycles. The van der Waals surface area contributed by atoms with E-state index in [-0.39, 0.29) is 18.1 Å². The van der Waals surface area contributed by atoms with E-state index in [1.807, 2.05) is 46.0 Å². The third-order valence-electron chi connectivity index (χ3n) is 3.77. The van der Waals surface area contributed by atoms with Crippen LogP contribution in [-0.2, 0) is 18.4 Å². The predicted octanol–water partition coefficient (Wildman–Crippen LogP) is 1.78. The smallest absolute Gasteiger partial charge is 0.258 e. The zero-order chi connectivity index (χ0) is 21.3. The Morgan fingerprint density at radius 3 is 2.76 bits per heavy atom. The molecule has 2 rings (SSSR count). The summed E-state index contributed by atoms with van der Waals surface area (Å²) in [5.41, 5.74) is 0.642. The number of rotatable bonds is 11. The Bertz CT molecular complexity index is 790. The fourth-order valence-corrected chi connectivity index (χ4v) is 3.33. The van der Waals surface area contributed by atoms with E-state index in [0.717, 1.165) is 29.4 Å². The number of methoxy groups -OCH3 is 1. The molecule has 160 valence electrons. The van der Waals surface area contributed by atoms with E-state index in [2.05, 4.69) is 26.2 Å². The van der Waals surface area contributed by atoms with Crippen molar-refractivity contribution in [2.75, 3.05) is 26.0 Å². The molecule has 2 aromatic rings. The van der Waals surface area contributed by atoms with Gasteiger partial charge in [-0.15, -0.1) is 5.10 Å². The van der Waals surface area contributed by atoms with Crippen molar-refractivity contribution in [3.05, 3.63) is 23.8 Å². The van der Waals surface area contributed by atoms with Gasteiger partial charge in [-0.3, -0.25) is 4.79 Å². The molecule has 1 aromatic carbocycles. The largest absolute Gasteiger partial charge is 0.493 e. The van der Waals surface area contributed by atoms with Gasteiger partial charge in [-0.25, -0.2) is 4.68 Å². The summed E-state index contributed by atoms with van der Waals surface area (Å²) < 4.78 is 12.9. The number of ether oxygens (including phenoxy) is 2. The van der Waals surface area contributed by atoms with Crippen LogP contribution in [0.2, 0.25) is 0 Å². The maximum absolute atomic E-state index is 12.1. The molecule has 29 heavy (non-hydrogen) atoms. The normalized spacial score (nSPS) is 11.3. The number of amides is 1. The number of hydrogen-bond acceptors (Lipinski definition) is 8. The van der Waals surface area contributed by atoms with Crippen molar-refractivity contribution in [1.29, 1.82) is 0 Å². The van der Waals surface area contributed by atoms with Gasteiger partial charge >= 0.3 is 0 Å². The standard InChI is InChI=1S/C19H30N6O3S/c1-19(2,3)21-16(26)13-28-17-14(8-6-9-15(17)27-5)12-20-10-7-11-29-18-22-23-24-25(18)4/h6,8-9,20H,7,10-13H2,1-5H3,(H,21,26). The zero-order valence-corrected chi connectivity index (χ0v) is 18.5. The number of tetrazole rings is 1. The first-order valence-electron chi connectivity index (χ1n) is 9.45. The van der Waals surface area contributed by atoms with Gasteiger partial charge in [0.1, 0.15) is 0 Å². The highest BCUT2D eigenvalue weighted by Crippen LogP contribution is 2.31. The third-order valence-corrected chi connectivity index (χ3v) is 4.87. The van der Waals surface area contributed by atoms with Crippen LogP contribution in [0.1, 0.15) is 32.8 Å². The van der Waals surface area contributed by atoms with E-state index in [1.54, 1.807) is 23.6 Å². The molecule has 0 aliphatic carbocycles. The summed E-state index contributed by atoms with van der Waals surface area (Å²) in [6.45, 7) is 7.18. The number of aromatic nitrogens is 4. The molecule has 0 unspecified atom stereocenters. The van der Waals surface area contributed by atoms with Gasteiger partial charge in [-0.05, 0) is 50.2 Å². The number of aryl methyl sites for hydroxylation is 1. The summed E-state index contributed by atoms with van der Waals surface area (Å²) in [7, 11) is 3.42.